The molecule has 26 heavy (non-hydrogen) atoms. The zero-order valence-corrected chi connectivity index (χ0v) is 14.6. The standard InChI is InChI=1S/C18H16N4O3S/c1-22-13-6-3-2-5-10(13)16(23)15(17(22)24)12-9-11(14-7-4-8-26-14)20-21-18(25)19-12/h2-9,11,20,23H,1H3,(H2,19,21,25)/t11-/m0/s1. The van der Waals surface area contributed by atoms with Crippen molar-refractivity contribution in [1.82, 2.24) is 20.7 Å². The van der Waals surface area contributed by atoms with Gasteiger partial charge < -0.3 is 15.0 Å². The summed E-state index contributed by atoms with van der Waals surface area (Å²) in [6, 6.07) is 10.1. The number of thiophene rings is 1. The smallest absolute Gasteiger partial charge is 0.333 e. The molecule has 0 spiro atoms. The van der Waals surface area contributed by atoms with E-state index in [9.17, 15) is 14.7 Å². The number of carbonyl (C=O) groups is 1. The summed E-state index contributed by atoms with van der Waals surface area (Å²) < 4.78 is 1.46. The van der Waals surface area contributed by atoms with Crippen molar-refractivity contribution in [1.29, 1.82) is 0 Å². The summed E-state index contributed by atoms with van der Waals surface area (Å²) in [5.74, 6) is -0.151. The van der Waals surface area contributed by atoms with Crippen molar-refractivity contribution in [2.24, 2.45) is 7.05 Å². The predicted octanol–water partition coefficient (Wildman–Crippen LogP) is 2.21. The fourth-order valence-electron chi connectivity index (χ4n) is 3.04. The van der Waals surface area contributed by atoms with Gasteiger partial charge in [0.15, 0.2) is 0 Å². The lowest BCUT2D eigenvalue weighted by molar-refractivity contribution is 0.240. The maximum Gasteiger partial charge on any atom is 0.333 e. The van der Waals surface area contributed by atoms with Crippen molar-refractivity contribution in [2.75, 3.05) is 0 Å². The van der Waals surface area contributed by atoms with Crippen molar-refractivity contribution in [2.45, 2.75) is 6.04 Å². The van der Waals surface area contributed by atoms with Crippen LogP contribution >= 0.6 is 11.3 Å². The Kier molecular flexibility index (Phi) is 3.98. The van der Waals surface area contributed by atoms with Gasteiger partial charge in [0.1, 0.15) is 11.3 Å². The average molecular weight is 368 g/mol. The van der Waals surface area contributed by atoms with Gasteiger partial charge in [0.25, 0.3) is 5.56 Å². The number of aromatic nitrogens is 1. The number of nitrogens with one attached hydrogen (secondary N) is 3. The summed E-state index contributed by atoms with van der Waals surface area (Å²) in [7, 11) is 1.64. The zero-order chi connectivity index (χ0) is 18.3. The number of hydrogen-bond acceptors (Lipinski definition) is 5. The molecule has 1 aliphatic heterocycles. The summed E-state index contributed by atoms with van der Waals surface area (Å²) >= 11 is 1.52. The summed E-state index contributed by atoms with van der Waals surface area (Å²) in [6.07, 6.45) is 1.72. The normalized spacial score (nSPS) is 17.3. The molecule has 132 valence electrons. The van der Waals surface area contributed by atoms with E-state index >= 15 is 0 Å². The van der Waals surface area contributed by atoms with E-state index in [2.05, 4.69) is 16.2 Å². The number of hydrogen-bond donors (Lipinski definition) is 4. The van der Waals surface area contributed by atoms with Crippen LogP contribution in [0.4, 0.5) is 4.79 Å². The first-order valence-corrected chi connectivity index (χ1v) is 8.83. The Bertz CT molecular complexity index is 1090. The van der Waals surface area contributed by atoms with Crippen molar-refractivity contribution in [3.8, 4) is 5.75 Å². The molecule has 3 aromatic rings. The van der Waals surface area contributed by atoms with Crippen LogP contribution in [0.1, 0.15) is 16.5 Å². The van der Waals surface area contributed by atoms with Crippen LogP contribution in [-0.2, 0) is 7.05 Å². The maximum atomic E-state index is 12.9. The van der Waals surface area contributed by atoms with Crippen LogP contribution in [0.3, 0.4) is 0 Å². The van der Waals surface area contributed by atoms with E-state index in [4.69, 9.17) is 0 Å². The van der Waals surface area contributed by atoms with Crippen LogP contribution in [-0.4, -0.2) is 15.7 Å². The van der Waals surface area contributed by atoms with Gasteiger partial charge in [-0.25, -0.2) is 10.2 Å². The Hall–Kier alpha value is -3.10. The molecule has 4 N–H and O–H groups in total. The Morgan fingerprint density at radius 1 is 1.15 bits per heavy atom. The maximum absolute atomic E-state index is 12.9. The fourth-order valence-corrected chi connectivity index (χ4v) is 3.78. The van der Waals surface area contributed by atoms with Crippen LogP contribution in [0.25, 0.3) is 16.6 Å². The summed E-state index contributed by atoms with van der Waals surface area (Å²) in [4.78, 5) is 25.9. The summed E-state index contributed by atoms with van der Waals surface area (Å²) in [5, 5.41) is 15.9. The highest BCUT2D eigenvalue weighted by Gasteiger charge is 2.24. The Morgan fingerprint density at radius 2 is 1.96 bits per heavy atom. The molecule has 2 amide bonds. The predicted molar refractivity (Wildman–Crippen MR) is 101 cm³/mol. The van der Waals surface area contributed by atoms with Crippen molar-refractivity contribution in [3.05, 3.63) is 68.6 Å². The zero-order valence-electron chi connectivity index (χ0n) is 13.8. The number of hydrazine groups is 1. The lowest BCUT2D eigenvalue weighted by Crippen LogP contribution is -2.42. The first kappa shape index (κ1) is 16.4. The van der Waals surface area contributed by atoms with E-state index in [1.54, 1.807) is 37.4 Å². The number of aryl methyl sites for hydroxylation is 1. The second-order valence-electron chi connectivity index (χ2n) is 5.90. The van der Waals surface area contributed by atoms with Crippen molar-refractivity contribution >= 4 is 34.0 Å². The minimum absolute atomic E-state index is 0.0617. The van der Waals surface area contributed by atoms with Gasteiger partial charge in [0.05, 0.1) is 17.3 Å². The van der Waals surface area contributed by atoms with Crippen LogP contribution < -0.4 is 21.7 Å². The van der Waals surface area contributed by atoms with E-state index < -0.39 is 6.03 Å². The molecule has 1 aromatic carbocycles. The molecule has 0 radical (unpaired) electrons. The number of pyridine rings is 1. The monoisotopic (exact) mass is 368 g/mol. The first-order chi connectivity index (χ1) is 12.6. The Balaban J connectivity index is 1.95. The molecule has 0 bridgehead atoms. The largest absolute Gasteiger partial charge is 0.506 e. The molecule has 2 aromatic heterocycles. The number of para-hydroxylation sites is 1. The van der Waals surface area contributed by atoms with Gasteiger partial charge in [-0.1, -0.05) is 18.2 Å². The van der Waals surface area contributed by atoms with E-state index in [0.29, 0.717) is 10.9 Å². The van der Waals surface area contributed by atoms with Crippen molar-refractivity contribution < 1.29 is 9.90 Å². The highest BCUT2D eigenvalue weighted by atomic mass is 32.1. The number of benzene rings is 1. The SMILES string of the molecule is Cn1c(=O)c(C2=C[C@@H](c3cccs3)NNC(=O)N2)c(O)c2ccccc21. The third-order valence-corrected chi connectivity index (χ3v) is 5.27. The summed E-state index contributed by atoms with van der Waals surface area (Å²) in [6.45, 7) is 0. The fraction of sp³-hybridized carbons (Fsp3) is 0.111. The quantitative estimate of drug-likeness (QED) is 0.558. The first-order valence-electron chi connectivity index (χ1n) is 7.95. The van der Waals surface area contributed by atoms with E-state index in [0.717, 1.165) is 4.88 Å². The molecule has 0 saturated carbocycles. The van der Waals surface area contributed by atoms with Gasteiger partial charge in [-0.3, -0.25) is 10.2 Å². The Morgan fingerprint density at radius 3 is 2.73 bits per heavy atom. The van der Waals surface area contributed by atoms with Crippen LogP contribution in [0, 0.1) is 0 Å². The van der Waals surface area contributed by atoms with Gasteiger partial charge in [-0.2, -0.15) is 0 Å². The molecular formula is C18H16N4O3S. The van der Waals surface area contributed by atoms with Crippen molar-refractivity contribution in [3.63, 3.8) is 0 Å². The molecular weight excluding hydrogens is 352 g/mol. The molecule has 8 heteroatoms. The van der Waals surface area contributed by atoms with Crippen LogP contribution in [0.5, 0.6) is 5.75 Å². The third kappa shape index (κ3) is 2.65. The molecule has 0 saturated heterocycles. The number of urea groups is 1. The second kappa shape index (κ2) is 6.32. The molecule has 0 unspecified atom stereocenters. The van der Waals surface area contributed by atoms with Gasteiger partial charge in [0.2, 0.25) is 0 Å². The van der Waals surface area contributed by atoms with E-state index in [1.165, 1.54) is 15.9 Å². The Labute approximate surface area is 152 Å². The lowest BCUT2D eigenvalue weighted by Gasteiger charge is -2.14. The minimum Gasteiger partial charge on any atom is -0.506 e. The van der Waals surface area contributed by atoms with Gasteiger partial charge in [0, 0.05) is 17.3 Å². The number of fused-ring (bicyclic) bond motifs is 1. The van der Waals surface area contributed by atoms with Gasteiger partial charge >= 0.3 is 6.03 Å². The highest BCUT2D eigenvalue weighted by Crippen LogP contribution is 2.31. The number of amides is 2. The minimum atomic E-state index is -0.509. The number of aromatic hydroxyl groups is 1. The molecule has 1 aliphatic rings. The topological polar surface area (TPSA) is 95.4 Å². The number of nitrogens with zero attached hydrogens (tertiary/aromatic N) is 1. The average Bonchev–Trinajstić information content (AvgIpc) is 3.11. The summed E-state index contributed by atoms with van der Waals surface area (Å²) in [5.41, 5.74) is 5.99. The molecule has 1 atom stereocenters. The highest BCUT2D eigenvalue weighted by molar-refractivity contribution is 7.10. The molecule has 3 heterocycles. The van der Waals surface area contributed by atoms with E-state index in [-0.39, 0.29) is 28.6 Å². The molecule has 4 rings (SSSR count). The van der Waals surface area contributed by atoms with E-state index in [1.807, 2.05) is 17.5 Å². The molecule has 0 fully saturated rings. The third-order valence-electron chi connectivity index (χ3n) is 4.32. The lowest BCUT2D eigenvalue weighted by atomic mass is 10.1. The molecule has 7 nitrogen and oxygen atoms in total. The van der Waals surface area contributed by atoms with Gasteiger partial charge in [-0.05, 0) is 29.7 Å². The number of carbonyl (C=O) groups excluding carboxylic acids is 1. The molecule has 0 aliphatic carbocycles. The van der Waals surface area contributed by atoms with Crippen LogP contribution in [0.2, 0.25) is 0 Å². The number of rotatable bonds is 2. The van der Waals surface area contributed by atoms with Crippen LogP contribution in [0.15, 0.2) is 52.6 Å². The second-order valence-corrected chi connectivity index (χ2v) is 6.88. The van der Waals surface area contributed by atoms with Gasteiger partial charge in [-0.15, -0.1) is 11.3 Å².